The Balaban J connectivity index is 0.00000181. The molecule has 0 amide bonds. The Kier molecular flexibility index (Phi) is 8.66. The molecule has 0 spiro atoms. The lowest BCUT2D eigenvalue weighted by Crippen LogP contribution is -3.00. The summed E-state index contributed by atoms with van der Waals surface area (Å²) in [5.74, 6) is 0. The topological polar surface area (TPSA) is 17.6 Å². The average molecular weight is 560 g/mol. The maximum atomic E-state index is 2.26. The van der Waals surface area contributed by atoms with Crippen molar-refractivity contribution in [2.75, 3.05) is 0 Å². The van der Waals surface area contributed by atoms with Crippen LogP contribution in [0.5, 0.6) is 0 Å². The van der Waals surface area contributed by atoms with Gasteiger partial charge in [-0.3, -0.25) is 0 Å². The van der Waals surface area contributed by atoms with Crippen LogP contribution in [0.15, 0.2) is 61.7 Å². The van der Waals surface area contributed by atoms with E-state index in [4.69, 9.17) is 0 Å². The molecule has 0 saturated carbocycles. The van der Waals surface area contributed by atoms with Crippen molar-refractivity contribution in [3.8, 4) is 11.4 Å². The molecule has 2 aromatic heterocycles. The molecule has 4 rings (SSSR count). The zero-order chi connectivity index (χ0) is 21.4. The molecule has 0 aliphatic heterocycles. The Bertz CT molecular complexity index is 1080. The average Bonchev–Trinajstić information content (AvgIpc) is 3.28. The molecule has 6 heteroatoms. The maximum Gasteiger partial charge on any atom is 0.249 e. The molecule has 0 saturated heterocycles. The Hall–Kier alpha value is -2.18. The van der Waals surface area contributed by atoms with Gasteiger partial charge < -0.3 is 34.0 Å². The van der Waals surface area contributed by atoms with Gasteiger partial charge in [-0.1, -0.05) is 35.4 Å². The summed E-state index contributed by atoms with van der Waals surface area (Å²) in [6.07, 6.45) is 13.0. The Morgan fingerprint density at radius 2 is 0.875 bits per heavy atom. The minimum atomic E-state index is 0. The molecule has 0 aliphatic carbocycles. The molecule has 0 aliphatic rings. The number of halogens is 2. The minimum Gasteiger partial charge on any atom is -1.00 e. The van der Waals surface area contributed by atoms with E-state index < -0.39 is 0 Å². The van der Waals surface area contributed by atoms with E-state index in [0.717, 1.165) is 13.1 Å². The molecule has 0 atom stereocenters. The first-order valence-electron chi connectivity index (χ1n) is 10.6. The summed E-state index contributed by atoms with van der Waals surface area (Å²) in [5.41, 5.74) is 10.4. The van der Waals surface area contributed by atoms with E-state index in [1.54, 1.807) is 0 Å². The quantitative estimate of drug-likeness (QED) is 0.262. The molecule has 2 aromatic carbocycles. The number of hydrogen-bond donors (Lipinski definition) is 0. The predicted molar refractivity (Wildman–Crippen MR) is 120 cm³/mol. The fraction of sp³-hybridized carbons (Fsp3) is 0.308. The summed E-state index contributed by atoms with van der Waals surface area (Å²) in [4.78, 5) is 0. The smallest absolute Gasteiger partial charge is 0.249 e. The summed E-state index contributed by atoms with van der Waals surface area (Å²) in [5, 5.41) is 0. The number of rotatable bonds is 5. The molecule has 32 heavy (non-hydrogen) atoms. The summed E-state index contributed by atoms with van der Waals surface area (Å²) in [7, 11) is 0. The molecular weight excluding hydrogens is 528 g/mol. The van der Waals surface area contributed by atoms with Gasteiger partial charge in [0.1, 0.15) is 49.3 Å². The lowest BCUT2D eigenvalue weighted by molar-refractivity contribution is -0.777. The van der Waals surface area contributed by atoms with Gasteiger partial charge in [-0.25, -0.2) is 18.3 Å². The molecule has 4 aromatic rings. The molecule has 0 fully saturated rings. The lowest BCUT2D eigenvalue weighted by atomic mass is 10.1. The molecule has 0 bridgehead atoms. The second-order valence-electron chi connectivity index (χ2n) is 8.61. The van der Waals surface area contributed by atoms with Crippen LogP contribution in [0, 0.1) is 41.5 Å². The van der Waals surface area contributed by atoms with Crippen LogP contribution >= 0.6 is 0 Å². The number of imidazole rings is 2. The van der Waals surface area contributed by atoms with Gasteiger partial charge in [0.05, 0.1) is 0 Å². The van der Waals surface area contributed by atoms with Crippen LogP contribution in [0.4, 0.5) is 0 Å². The van der Waals surface area contributed by atoms with Crippen molar-refractivity contribution in [3.63, 3.8) is 0 Å². The number of nitrogens with zero attached hydrogens (tertiary/aromatic N) is 4. The Labute approximate surface area is 212 Å². The van der Waals surface area contributed by atoms with Gasteiger partial charge >= 0.3 is 0 Å². The Morgan fingerprint density at radius 1 is 0.562 bits per heavy atom. The highest BCUT2D eigenvalue weighted by Gasteiger charge is 2.15. The van der Waals surface area contributed by atoms with Crippen LogP contribution in [0.1, 0.15) is 33.4 Å². The van der Waals surface area contributed by atoms with Crippen molar-refractivity contribution in [1.29, 1.82) is 0 Å². The predicted octanol–water partition coefficient (Wildman–Crippen LogP) is -1.60. The third-order valence-electron chi connectivity index (χ3n) is 5.79. The first-order chi connectivity index (χ1) is 14.3. The second kappa shape index (κ2) is 10.6. The van der Waals surface area contributed by atoms with Crippen molar-refractivity contribution >= 4 is 0 Å². The van der Waals surface area contributed by atoms with Crippen LogP contribution in [-0.2, 0) is 13.1 Å². The number of aryl methyl sites for hydroxylation is 8. The highest BCUT2D eigenvalue weighted by Crippen LogP contribution is 2.21. The summed E-state index contributed by atoms with van der Waals surface area (Å²) >= 11 is 0. The van der Waals surface area contributed by atoms with Gasteiger partial charge in [0.2, 0.25) is 12.7 Å². The van der Waals surface area contributed by atoms with Gasteiger partial charge in [-0.05, 0) is 63.8 Å². The molecule has 170 valence electrons. The zero-order valence-corrected chi connectivity index (χ0v) is 22.9. The second-order valence-corrected chi connectivity index (χ2v) is 8.61. The van der Waals surface area contributed by atoms with E-state index in [-0.39, 0.29) is 34.0 Å². The van der Waals surface area contributed by atoms with E-state index in [1.807, 2.05) is 0 Å². The molecule has 4 nitrogen and oxygen atoms in total. The summed E-state index contributed by atoms with van der Waals surface area (Å²) < 4.78 is 8.98. The largest absolute Gasteiger partial charge is 1.00 e. The minimum absolute atomic E-state index is 0. The first-order valence-corrected chi connectivity index (χ1v) is 10.6. The maximum absolute atomic E-state index is 2.26. The van der Waals surface area contributed by atoms with Gasteiger partial charge in [0.25, 0.3) is 0 Å². The van der Waals surface area contributed by atoms with E-state index in [2.05, 4.69) is 122 Å². The van der Waals surface area contributed by atoms with Crippen LogP contribution in [0.25, 0.3) is 11.4 Å². The van der Waals surface area contributed by atoms with E-state index in [1.165, 1.54) is 44.8 Å². The highest BCUT2D eigenvalue weighted by atomic mass is 79.9. The fourth-order valence-electron chi connectivity index (χ4n) is 4.71. The summed E-state index contributed by atoms with van der Waals surface area (Å²) in [6.45, 7) is 14.9. The van der Waals surface area contributed by atoms with E-state index in [0.29, 0.717) is 0 Å². The van der Waals surface area contributed by atoms with Crippen molar-refractivity contribution < 1.29 is 43.1 Å². The number of hydrogen-bond acceptors (Lipinski definition) is 0. The van der Waals surface area contributed by atoms with Gasteiger partial charge in [-0.15, -0.1) is 0 Å². The summed E-state index contributed by atoms with van der Waals surface area (Å²) in [6, 6.07) is 9.00. The third kappa shape index (κ3) is 5.41. The highest BCUT2D eigenvalue weighted by molar-refractivity contribution is 5.49. The molecule has 0 unspecified atom stereocenters. The lowest BCUT2D eigenvalue weighted by Gasteiger charge is -2.07. The molecule has 2 heterocycles. The van der Waals surface area contributed by atoms with Crippen molar-refractivity contribution in [1.82, 2.24) is 9.13 Å². The zero-order valence-electron chi connectivity index (χ0n) is 19.7. The fourth-order valence-corrected chi connectivity index (χ4v) is 4.71. The van der Waals surface area contributed by atoms with Gasteiger partial charge in [0, 0.05) is 0 Å². The number of benzene rings is 2. The molecule has 0 radical (unpaired) electrons. The van der Waals surface area contributed by atoms with Crippen LogP contribution < -0.4 is 43.1 Å². The van der Waals surface area contributed by atoms with Crippen LogP contribution in [0.2, 0.25) is 0 Å². The van der Waals surface area contributed by atoms with Crippen molar-refractivity contribution in [3.05, 3.63) is 95.1 Å². The van der Waals surface area contributed by atoms with Crippen molar-refractivity contribution in [2.45, 2.75) is 54.6 Å². The van der Waals surface area contributed by atoms with E-state index in [9.17, 15) is 0 Å². The molecule has 0 N–H and O–H groups in total. The van der Waals surface area contributed by atoms with E-state index >= 15 is 0 Å². The SMILES string of the molecule is Cc1cc(C)c(-n2cc[n+](CC[n+]3ccn(-c4c(C)cc(C)cc4C)c3)c2)c(C)c1.[Br-].[Br-]. The Morgan fingerprint density at radius 3 is 1.19 bits per heavy atom. The first kappa shape index (κ1) is 26.1. The monoisotopic (exact) mass is 558 g/mol. The van der Waals surface area contributed by atoms with Gasteiger partial charge in [-0.2, -0.15) is 0 Å². The third-order valence-corrected chi connectivity index (χ3v) is 5.79. The molecular formula is C26H32Br2N4. The van der Waals surface area contributed by atoms with Crippen molar-refractivity contribution in [2.24, 2.45) is 0 Å². The van der Waals surface area contributed by atoms with Crippen LogP contribution in [0.3, 0.4) is 0 Å². The standard InChI is InChI=1S/C26H32N4.2BrH/c1-19-13-21(3)25(22(4)14-19)29-11-9-27(17-29)7-8-28-10-12-30(18-28)26-23(5)15-20(2)16-24(26)6;;/h9-18H,7-8H2,1-6H3;2*1H/q+2;;/p-2. The number of aromatic nitrogens is 4. The van der Waals surface area contributed by atoms with Crippen LogP contribution in [-0.4, -0.2) is 9.13 Å². The van der Waals surface area contributed by atoms with Gasteiger partial charge in [0.15, 0.2) is 0 Å². The normalized spacial score (nSPS) is 10.6.